The minimum absolute atomic E-state index is 0. The third-order valence-corrected chi connectivity index (χ3v) is 5.18. The fraction of sp³-hybridized carbons (Fsp3) is 0.450. The molecule has 0 aromatic carbocycles. The van der Waals surface area contributed by atoms with Gasteiger partial charge in [0.25, 0.3) is 11.6 Å². The molecular weight excluding hydrogens is 380 g/mol. The molecule has 1 saturated heterocycles. The number of aryl methyl sites for hydroxylation is 3. The van der Waals surface area contributed by atoms with E-state index in [1.165, 1.54) is 6.42 Å². The third-order valence-electron chi connectivity index (χ3n) is 5.18. The quantitative estimate of drug-likeness (QED) is 0.675. The highest BCUT2D eigenvalue weighted by molar-refractivity contribution is 6.07. The molecule has 0 radical (unpaired) electrons. The number of hydrogen-bond donors (Lipinski definition) is 2. The molecule has 1 atom stereocenters. The lowest BCUT2D eigenvalue weighted by Crippen LogP contribution is -2.26. The number of nitrogens with one attached hydrogen (secondary N) is 2. The summed E-state index contributed by atoms with van der Waals surface area (Å²) in [6.45, 7) is 8.34. The van der Waals surface area contributed by atoms with Crippen molar-refractivity contribution in [1.82, 2.24) is 20.8 Å². The topological polar surface area (TPSA) is 93.2 Å². The van der Waals surface area contributed by atoms with Crippen LogP contribution in [0.4, 0.5) is 0 Å². The molecule has 150 valence electrons. The maximum absolute atomic E-state index is 12.9. The highest BCUT2D eigenvalue weighted by atomic mass is 35.5. The van der Waals surface area contributed by atoms with Crippen LogP contribution in [-0.2, 0) is 0 Å². The molecule has 1 unspecified atom stereocenters. The van der Waals surface area contributed by atoms with Crippen LogP contribution < -0.4 is 10.6 Å². The maximum atomic E-state index is 12.9. The standard InChI is InChI=1S/C20H24N4O3.ClH/c1-11-8-15(13(3)26-11)17-9-16(18-12(2)24-27-20(18)23-17)19(25)22-7-5-14-4-6-21-10-14;/h8-9,14,21H,4-7,10H2,1-3H3,(H,22,25);1H. The van der Waals surface area contributed by atoms with Gasteiger partial charge in [-0.05, 0) is 64.8 Å². The lowest BCUT2D eigenvalue weighted by molar-refractivity contribution is 0.0953. The summed E-state index contributed by atoms with van der Waals surface area (Å²) in [5.74, 6) is 2.07. The van der Waals surface area contributed by atoms with Crippen LogP contribution >= 0.6 is 12.4 Å². The number of hydrogen-bond acceptors (Lipinski definition) is 6. The zero-order valence-corrected chi connectivity index (χ0v) is 17.1. The number of pyridine rings is 1. The number of carbonyl (C=O) groups excluding carboxylic acids is 1. The molecule has 0 saturated carbocycles. The summed E-state index contributed by atoms with van der Waals surface area (Å²) in [5.41, 5.74) is 3.08. The molecule has 1 aliphatic heterocycles. The number of nitrogens with zero attached hydrogens (tertiary/aromatic N) is 2. The maximum Gasteiger partial charge on any atom is 0.259 e. The van der Waals surface area contributed by atoms with Crippen LogP contribution in [0.5, 0.6) is 0 Å². The van der Waals surface area contributed by atoms with Crippen molar-refractivity contribution < 1.29 is 13.7 Å². The number of halogens is 1. The van der Waals surface area contributed by atoms with E-state index in [1.54, 1.807) is 6.07 Å². The lowest BCUT2D eigenvalue weighted by Gasteiger charge is -2.10. The fourth-order valence-corrected chi connectivity index (χ4v) is 3.74. The van der Waals surface area contributed by atoms with Crippen molar-refractivity contribution in [2.45, 2.75) is 33.6 Å². The number of carbonyl (C=O) groups is 1. The molecule has 7 nitrogen and oxygen atoms in total. The van der Waals surface area contributed by atoms with Gasteiger partial charge in [-0.1, -0.05) is 5.16 Å². The van der Waals surface area contributed by atoms with Gasteiger partial charge in [0, 0.05) is 12.1 Å². The summed E-state index contributed by atoms with van der Waals surface area (Å²) in [7, 11) is 0. The number of rotatable bonds is 5. The fourth-order valence-electron chi connectivity index (χ4n) is 3.74. The Labute approximate surface area is 169 Å². The molecular formula is C20H25ClN4O3. The van der Waals surface area contributed by atoms with Crippen LogP contribution in [0.2, 0.25) is 0 Å². The van der Waals surface area contributed by atoms with Crippen molar-refractivity contribution in [3.05, 3.63) is 34.9 Å². The van der Waals surface area contributed by atoms with Gasteiger partial charge in [-0.2, -0.15) is 0 Å². The Morgan fingerprint density at radius 3 is 2.82 bits per heavy atom. The second kappa shape index (κ2) is 8.32. The molecule has 0 aliphatic carbocycles. The van der Waals surface area contributed by atoms with Gasteiger partial charge in [-0.25, -0.2) is 4.98 Å². The molecule has 2 N–H and O–H groups in total. The molecule has 28 heavy (non-hydrogen) atoms. The Bertz CT molecular complexity index is 989. The van der Waals surface area contributed by atoms with E-state index < -0.39 is 0 Å². The number of aromatic nitrogens is 2. The predicted molar refractivity (Wildman–Crippen MR) is 109 cm³/mol. The third kappa shape index (κ3) is 3.91. The van der Waals surface area contributed by atoms with Crippen molar-refractivity contribution in [3.63, 3.8) is 0 Å². The summed E-state index contributed by atoms with van der Waals surface area (Å²) in [6.07, 6.45) is 2.14. The second-order valence-electron chi connectivity index (χ2n) is 7.23. The van der Waals surface area contributed by atoms with Crippen molar-refractivity contribution in [2.24, 2.45) is 5.92 Å². The van der Waals surface area contributed by atoms with Gasteiger partial charge in [0.15, 0.2) is 0 Å². The van der Waals surface area contributed by atoms with Gasteiger partial charge in [0.1, 0.15) is 11.5 Å². The normalized spacial score (nSPS) is 16.3. The first-order chi connectivity index (χ1) is 13.0. The van der Waals surface area contributed by atoms with Crippen LogP contribution in [0.3, 0.4) is 0 Å². The van der Waals surface area contributed by atoms with Crippen LogP contribution in [0.25, 0.3) is 22.4 Å². The highest BCUT2D eigenvalue weighted by Crippen LogP contribution is 2.30. The van der Waals surface area contributed by atoms with Crippen molar-refractivity contribution in [3.8, 4) is 11.3 Å². The number of amides is 1. The zero-order chi connectivity index (χ0) is 19.0. The summed E-state index contributed by atoms with van der Waals surface area (Å²) in [5, 5.41) is 11.1. The van der Waals surface area contributed by atoms with E-state index in [0.717, 1.165) is 36.6 Å². The van der Waals surface area contributed by atoms with Gasteiger partial charge in [-0.15, -0.1) is 12.4 Å². The second-order valence-corrected chi connectivity index (χ2v) is 7.23. The first-order valence-corrected chi connectivity index (χ1v) is 9.36. The minimum atomic E-state index is -0.126. The Hall–Kier alpha value is -2.38. The lowest BCUT2D eigenvalue weighted by atomic mass is 10.0. The average Bonchev–Trinajstić information content (AvgIpc) is 3.36. The van der Waals surface area contributed by atoms with Crippen molar-refractivity contribution >= 4 is 29.4 Å². The Morgan fingerprint density at radius 2 is 2.14 bits per heavy atom. The van der Waals surface area contributed by atoms with Gasteiger partial charge in [0.2, 0.25) is 0 Å². The summed E-state index contributed by atoms with van der Waals surface area (Å²) < 4.78 is 11.0. The molecule has 3 aromatic heterocycles. The minimum Gasteiger partial charge on any atom is -0.466 e. The Balaban J connectivity index is 0.00000225. The average molecular weight is 405 g/mol. The summed E-state index contributed by atoms with van der Waals surface area (Å²) in [4.78, 5) is 17.5. The smallest absolute Gasteiger partial charge is 0.259 e. The predicted octanol–water partition coefficient (Wildman–Crippen LogP) is 3.56. The first-order valence-electron chi connectivity index (χ1n) is 9.36. The Kier molecular flexibility index (Phi) is 6.05. The van der Waals surface area contributed by atoms with E-state index in [1.807, 2.05) is 26.8 Å². The zero-order valence-electron chi connectivity index (χ0n) is 16.3. The van der Waals surface area contributed by atoms with Crippen molar-refractivity contribution in [1.29, 1.82) is 0 Å². The van der Waals surface area contributed by atoms with Crippen LogP contribution in [0.15, 0.2) is 21.1 Å². The molecule has 0 spiro atoms. The summed E-state index contributed by atoms with van der Waals surface area (Å²) in [6, 6.07) is 3.72. The molecule has 1 amide bonds. The molecule has 0 bridgehead atoms. The first kappa shape index (κ1) is 20.4. The van der Waals surface area contributed by atoms with Gasteiger partial charge < -0.3 is 19.6 Å². The van der Waals surface area contributed by atoms with Crippen LogP contribution in [0.1, 0.15) is 40.4 Å². The van der Waals surface area contributed by atoms with Gasteiger partial charge >= 0.3 is 0 Å². The molecule has 4 rings (SSSR count). The molecule has 1 aliphatic rings. The SMILES string of the molecule is Cc1cc(-c2cc(C(=O)NCCC3CCNC3)c3c(C)noc3n2)c(C)o1.Cl. The Morgan fingerprint density at radius 1 is 1.32 bits per heavy atom. The number of furan rings is 1. The molecule has 3 aromatic rings. The summed E-state index contributed by atoms with van der Waals surface area (Å²) >= 11 is 0. The molecule has 4 heterocycles. The molecule has 8 heteroatoms. The van der Waals surface area contributed by atoms with Crippen LogP contribution in [-0.4, -0.2) is 35.7 Å². The van der Waals surface area contributed by atoms with Gasteiger partial charge in [-0.3, -0.25) is 4.79 Å². The van der Waals surface area contributed by atoms with E-state index in [-0.39, 0.29) is 18.3 Å². The van der Waals surface area contributed by atoms with E-state index >= 15 is 0 Å². The largest absolute Gasteiger partial charge is 0.466 e. The van der Waals surface area contributed by atoms with E-state index in [0.29, 0.717) is 40.5 Å². The van der Waals surface area contributed by atoms with E-state index in [9.17, 15) is 4.79 Å². The molecule has 1 fully saturated rings. The monoisotopic (exact) mass is 404 g/mol. The number of fused-ring (bicyclic) bond motifs is 1. The van der Waals surface area contributed by atoms with Crippen LogP contribution in [0, 0.1) is 26.7 Å². The van der Waals surface area contributed by atoms with E-state index in [2.05, 4.69) is 20.8 Å². The highest BCUT2D eigenvalue weighted by Gasteiger charge is 2.21. The van der Waals surface area contributed by atoms with Crippen molar-refractivity contribution in [2.75, 3.05) is 19.6 Å². The van der Waals surface area contributed by atoms with Gasteiger partial charge in [0.05, 0.1) is 22.3 Å². The van der Waals surface area contributed by atoms with E-state index in [4.69, 9.17) is 8.94 Å².